The van der Waals surface area contributed by atoms with E-state index in [2.05, 4.69) is 21.9 Å². The fourth-order valence-electron chi connectivity index (χ4n) is 2.32. The summed E-state index contributed by atoms with van der Waals surface area (Å²) in [6.07, 6.45) is 5.75. The van der Waals surface area contributed by atoms with Gasteiger partial charge in [0.2, 0.25) is 5.95 Å². The predicted molar refractivity (Wildman–Crippen MR) is 64.0 cm³/mol. The molecular weight excluding hydrogens is 200 g/mol. The molecule has 1 aromatic heterocycles. The Kier molecular flexibility index (Phi) is 3.36. The van der Waals surface area contributed by atoms with Crippen molar-refractivity contribution in [3.05, 3.63) is 11.6 Å². The Balaban J connectivity index is 2.16. The van der Waals surface area contributed by atoms with E-state index >= 15 is 0 Å². The smallest absolute Gasteiger partial charge is 0.223 e. The second kappa shape index (κ2) is 4.76. The summed E-state index contributed by atoms with van der Waals surface area (Å²) in [7, 11) is 0. The van der Waals surface area contributed by atoms with Crippen LogP contribution in [-0.2, 0) is 6.42 Å². The van der Waals surface area contributed by atoms with Crippen LogP contribution in [0.1, 0.15) is 57.1 Å². The number of hydrogen-bond acceptors (Lipinski definition) is 4. The average molecular weight is 220 g/mol. The molecule has 4 heteroatoms. The van der Waals surface area contributed by atoms with Gasteiger partial charge in [0.15, 0.2) is 0 Å². The van der Waals surface area contributed by atoms with Crippen molar-refractivity contribution in [3.63, 3.8) is 0 Å². The van der Waals surface area contributed by atoms with E-state index in [1.54, 1.807) is 0 Å². The molecule has 16 heavy (non-hydrogen) atoms. The lowest BCUT2D eigenvalue weighted by molar-refractivity contribution is 0.339. The van der Waals surface area contributed by atoms with Gasteiger partial charge in [0.1, 0.15) is 11.6 Å². The Morgan fingerprint density at radius 3 is 2.44 bits per heavy atom. The predicted octanol–water partition coefficient (Wildman–Crippen LogP) is 2.31. The van der Waals surface area contributed by atoms with Gasteiger partial charge >= 0.3 is 0 Å². The summed E-state index contributed by atoms with van der Waals surface area (Å²) in [6.45, 7) is 4.36. The number of aryl methyl sites for hydroxylation is 1. The SMILES string of the molecule is CCc1nc(N)nc(C2CCC(C)CC2)n1. The molecule has 0 bridgehead atoms. The first-order valence-corrected chi connectivity index (χ1v) is 6.19. The van der Waals surface area contributed by atoms with Crippen LogP contribution in [0.15, 0.2) is 0 Å². The van der Waals surface area contributed by atoms with Crippen LogP contribution in [0.5, 0.6) is 0 Å². The summed E-state index contributed by atoms with van der Waals surface area (Å²) >= 11 is 0. The van der Waals surface area contributed by atoms with Crippen molar-refractivity contribution < 1.29 is 0 Å². The monoisotopic (exact) mass is 220 g/mol. The third-order valence-electron chi connectivity index (χ3n) is 3.41. The highest BCUT2D eigenvalue weighted by Gasteiger charge is 2.22. The van der Waals surface area contributed by atoms with Crippen LogP contribution < -0.4 is 5.73 Å². The lowest BCUT2D eigenvalue weighted by Crippen LogP contribution is -2.16. The van der Waals surface area contributed by atoms with Crippen LogP contribution in [0.3, 0.4) is 0 Å². The molecule has 0 saturated heterocycles. The summed E-state index contributed by atoms with van der Waals surface area (Å²) in [5.74, 6) is 3.45. The minimum absolute atomic E-state index is 0.375. The molecule has 0 unspecified atom stereocenters. The summed E-state index contributed by atoms with van der Waals surface area (Å²) in [5, 5.41) is 0. The van der Waals surface area contributed by atoms with Gasteiger partial charge in [-0.1, -0.05) is 26.7 Å². The molecule has 4 nitrogen and oxygen atoms in total. The van der Waals surface area contributed by atoms with E-state index < -0.39 is 0 Å². The summed E-state index contributed by atoms with van der Waals surface area (Å²) in [4.78, 5) is 12.9. The van der Waals surface area contributed by atoms with Crippen LogP contribution in [0.4, 0.5) is 5.95 Å². The minimum Gasteiger partial charge on any atom is -0.368 e. The first-order chi connectivity index (χ1) is 7.69. The van der Waals surface area contributed by atoms with Crippen molar-refractivity contribution in [1.82, 2.24) is 15.0 Å². The maximum absolute atomic E-state index is 5.71. The Morgan fingerprint density at radius 2 is 1.81 bits per heavy atom. The second-order valence-electron chi connectivity index (χ2n) is 4.78. The fraction of sp³-hybridized carbons (Fsp3) is 0.750. The molecule has 1 fully saturated rings. The zero-order chi connectivity index (χ0) is 11.5. The first-order valence-electron chi connectivity index (χ1n) is 6.19. The molecule has 0 aliphatic heterocycles. The van der Waals surface area contributed by atoms with Crippen LogP contribution in [-0.4, -0.2) is 15.0 Å². The van der Waals surface area contributed by atoms with Crippen molar-refractivity contribution in [2.45, 2.75) is 51.9 Å². The molecule has 0 radical (unpaired) electrons. The van der Waals surface area contributed by atoms with Crippen LogP contribution in [0.2, 0.25) is 0 Å². The molecule has 2 rings (SSSR count). The number of anilines is 1. The molecule has 0 amide bonds. The highest BCUT2D eigenvalue weighted by molar-refractivity contribution is 5.17. The van der Waals surface area contributed by atoms with Crippen LogP contribution in [0, 0.1) is 5.92 Å². The maximum atomic E-state index is 5.71. The highest BCUT2D eigenvalue weighted by Crippen LogP contribution is 2.33. The normalized spacial score (nSPS) is 25.6. The molecule has 0 aromatic carbocycles. The molecule has 2 N–H and O–H groups in total. The third-order valence-corrected chi connectivity index (χ3v) is 3.41. The number of nitrogens with two attached hydrogens (primary N) is 1. The van der Waals surface area contributed by atoms with Gasteiger partial charge in [-0.3, -0.25) is 0 Å². The second-order valence-corrected chi connectivity index (χ2v) is 4.78. The molecule has 1 saturated carbocycles. The number of nitrogen functional groups attached to an aromatic ring is 1. The molecule has 0 atom stereocenters. The maximum Gasteiger partial charge on any atom is 0.223 e. The summed E-state index contributed by atoms with van der Waals surface area (Å²) in [5.41, 5.74) is 5.71. The number of aromatic nitrogens is 3. The topological polar surface area (TPSA) is 64.7 Å². The number of rotatable bonds is 2. The Labute approximate surface area is 96.7 Å². The largest absolute Gasteiger partial charge is 0.368 e. The van der Waals surface area contributed by atoms with Gasteiger partial charge in [-0.05, 0) is 18.8 Å². The summed E-state index contributed by atoms with van der Waals surface area (Å²) < 4.78 is 0. The zero-order valence-corrected chi connectivity index (χ0v) is 10.1. The average Bonchev–Trinajstić information content (AvgIpc) is 2.29. The van der Waals surface area contributed by atoms with Crippen molar-refractivity contribution in [3.8, 4) is 0 Å². The molecule has 1 heterocycles. The Hall–Kier alpha value is -1.19. The lowest BCUT2D eigenvalue weighted by atomic mass is 9.82. The van der Waals surface area contributed by atoms with Gasteiger partial charge < -0.3 is 5.73 Å². The van der Waals surface area contributed by atoms with Crippen LogP contribution >= 0.6 is 0 Å². The molecule has 1 aliphatic carbocycles. The minimum atomic E-state index is 0.375. The first kappa shape index (κ1) is 11.3. The Morgan fingerprint density at radius 1 is 1.12 bits per heavy atom. The van der Waals surface area contributed by atoms with Gasteiger partial charge in [-0.15, -0.1) is 0 Å². The van der Waals surface area contributed by atoms with E-state index in [0.29, 0.717) is 11.9 Å². The lowest BCUT2D eigenvalue weighted by Gasteiger charge is -2.25. The molecular formula is C12H20N4. The zero-order valence-electron chi connectivity index (χ0n) is 10.1. The third kappa shape index (κ3) is 2.49. The molecule has 0 spiro atoms. The van der Waals surface area contributed by atoms with Crippen molar-refractivity contribution in [2.75, 3.05) is 5.73 Å². The number of nitrogens with zero attached hydrogens (tertiary/aromatic N) is 3. The molecule has 1 aromatic rings. The standard InChI is InChI=1S/C12H20N4/c1-3-10-14-11(16-12(13)15-10)9-6-4-8(2)5-7-9/h8-9H,3-7H2,1-2H3,(H2,13,14,15,16). The van der Waals surface area contributed by atoms with E-state index in [9.17, 15) is 0 Å². The molecule has 1 aliphatic rings. The fourth-order valence-corrected chi connectivity index (χ4v) is 2.32. The van der Waals surface area contributed by atoms with E-state index in [4.69, 9.17) is 5.73 Å². The van der Waals surface area contributed by atoms with Crippen LogP contribution in [0.25, 0.3) is 0 Å². The highest BCUT2D eigenvalue weighted by atomic mass is 15.1. The van der Waals surface area contributed by atoms with Gasteiger partial charge in [-0.2, -0.15) is 9.97 Å². The van der Waals surface area contributed by atoms with E-state index in [1.807, 2.05) is 6.92 Å². The van der Waals surface area contributed by atoms with Gasteiger partial charge in [0.05, 0.1) is 0 Å². The van der Waals surface area contributed by atoms with Gasteiger partial charge in [-0.25, -0.2) is 4.98 Å². The Bertz CT molecular complexity index is 356. The quantitative estimate of drug-likeness (QED) is 0.830. The van der Waals surface area contributed by atoms with Crippen molar-refractivity contribution >= 4 is 5.95 Å². The summed E-state index contributed by atoms with van der Waals surface area (Å²) in [6, 6.07) is 0. The van der Waals surface area contributed by atoms with E-state index in [0.717, 1.165) is 24.0 Å². The molecule has 88 valence electrons. The van der Waals surface area contributed by atoms with Crippen molar-refractivity contribution in [1.29, 1.82) is 0 Å². The van der Waals surface area contributed by atoms with Gasteiger partial charge in [0.25, 0.3) is 0 Å². The number of hydrogen-bond donors (Lipinski definition) is 1. The van der Waals surface area contributed by atoms with Crippen molar-refractivity contribution in [2.24, 2.45) is 5.92 Å². The van der Waals surface area contributed by atoms with E-state index in [1.165, 1.54) is 25.7 Å². The van der Waals surface area contributed by atoms with Gasteiger partial charge in [0, 0.05) is 12.3 Å². The van der Waals surface area contributed by atoms with E-state index in [-0.39, 0.29) is 0 Å².